The molecule has 0 saturated heterocycles. The van der Waals surface area contributed by atoms with Crippen LogP contribution in [0, 0.1) is 0 Å². The van der Waals surface area contributed by atoms with Gasteiger partial charge in [0, 0.05) is 12.5 Å². The first-order chi connectivity index (χ1) is 7.51. The maximum Gasteiger partial charge on any atom is 0.389 e. The average Bonchev–Trinajstić information content (AvgIpc) is 2.23. The molecule has 0 fully saturated rings. The molecule has 0 atom stereocenters. The van der Waals surface area contributed by atoms with E-state index in [4.69, 9.17) is 9.47 Å². The Morgan fingerprint density at radius 3 is 2.50 bits per heavy atom. The molecule has 0 heterocycles. The highest BCUT2D eigenvalue weighted by atomic mass is 19.4. The number of halogens is 3. The molecule has 0 aromatic heterocycles. The van der Waals surface area contributed by atoms with Crippen LogP contribution in [0.2, 0.25) is 0 Å². The van der Waals surface area contributed by atoms with Gasteiger partial charge in [-0.2, -0.15) is 13.2 Å². The SMILES string of the molecule is COc1cccc(OCCCC(F)(F)F)c1. The zero-order chi connectivity index (χ0) is 12.0. The molecule has 0 radical (unpaired) electrons. The molecule has 5 heteroatoms. The first-order valence-corrected chi connectivity index (χ1v) is 4.85. The highest BCUT2D eigenvalue weighted by Crippen LogP contribution is 2.22. The quantitative estimate of drug-likeness (QED) is 0.727. The molecule has 0 N–H and O–H groups in total. The first kappa shape index (κ1) is 12.7. The number of benzene rings is 1. The number of hydrogen-bond acceptors (Lipinski definition) is 2. The Labute approximate surface area is 92.0 Å². The standard InChI is InChI=1S/C11H13F3O2/c1-15-9-4-2-5-10(8-9)16-7-3-6-11(12,13)14/h2,4-5,8H,3,6-7H2,1H3. The summed E-state index contributed by atoms with van der Waals surface area (Å²) in [5.41, 5.74) is 0. The van der Waals surface area contributed by atoms with Crippen LogP contribution >= 0.6 is 0 Å². The van der Waals surface area contributed by atoms with Gasteiger partial charge in [-0.15, -0.1) is 0 Å². The van der Waals surface area contributed by atoms with Crippen molar-refractivity contribution in [2.75, 3.05) is 13.7 Å². The lowest BCUT2D eigenvalue weighted by atomic mass is 10.3. The van der Waals surface area contributed by atoms with Crippen LogP contribution in [0.25, 0.3) is 0 Å². The van der Waals surface area contributed by atoms with E-state index in [1.165, 1.54) is 7.11 Å². The molecular weight excluding hydrogens is 221 g/mol. The van der Waals surface area contributed by atoms with Crippen molar-refractivity contribution in [1.82, 2.24) is 0 Å². The van der Waals surface area contributed by atoms with Gasteiger partial charge in [0.25, 0.3) is 0 Å². The smallest absolute Gasteiger partial charge is 0.389 e. The maximum atomic E-state index is 11.8. The summed E-state index contributed by atoms with van der Waals surface area (Å²) < 4.78 is 45.6. The summed E-state index contributed by atoms with van der Waals surface area (Å²) in [7, 11) is 1.52. The Bertz CT molecular complexity index is 323. The topological polar surface area (TPSA) is 18.5 Å². The minimum Gasteiger partial charge on any atom is -0.497 e. The van der Waals surface area contributed by atoms with Gasteiger partial charge in [0.05, 0.1) is 13.7 Å². The Balaban J connectivity index is 2.32. The van der Waals surface area contributed by atoms with Crippen molar-refractivity contribution in [3.63, 3.8) is 0 Å². The lowest BCUT2D eigenvalue weighted by Gasteiger charge is -2.08. The Hall–Kier alpha value is -1.39. The van der Waals surface area contributed by atoms with E-state index in [2.05, 4.69) is 0 Å². The van der Waals surface area contributed by atoms with E-state index in [0.717, 1.165) is 0 Å². The molecule has 0 unspecified atom stereocenters. The van der Waals surface area contributed by atoms with Gasteiger partial charge in [-0.05, 0) is 18.6 Å². The molecule has 2 nitrogen and oxygen atoms in total. The van der Waals surface area contributed by atoms with Crippen LogP contribution in [0.15, 0.2) is 24.3 Å². The van der Waals surface area contributed by atoms with Crippen LogP contribution in [0.3, 0.4) is 0 Å². The van der Waals surface area contributed by atoms with Gasteiger partial charge in [0.2, 0.25) is 0 Å². The highest BCUT2D eigenvalue weighted by molar-refractivity contribution is 5.32. The number of hydrogen-bond donors (Lipinski definition) is 0. The normalized spacial score (nSPS) is 11.2. The van der Waals surface area contributed by atoms with Crippen LogP contribution in [0.1, 0.15) is 12.8 Å². The second-order valence-corrected chi connectivity index (χ2v) is 3.25. The minimum atomic E-state index is -4.11. The summed E-state index contributed by atoms with van der Waals surface area (Å²) >= 11 is 0. The maximum absolute atomic E-state index is 11.8. The van der Waals surface area contributed by atoms with Gasteiger partial charge in [-0.1, -0.05) is 6.07 Å². The van der Waals surface area contributed by atoms with Gasteiger partial charge < -0.3 is 9.47 Å². The Kier molecular flexibility index (Phi) is 4.46. The van der Waals surface area contributed by atoms with Crippen LogP contribution in [0.4, 0.5) is 13.2 Å². The van der Waals surface area contributed by atoms with Crippen LogP contribution in [0.5, 0.6) is 11.5 Å². The van der Waals surface area contributed by atoms with Crippen molar-refractivity contribution < 1.29 is 22.6 Å². The Morgan fingerprint density at radius 1 is 1.19 bits per heavy atom. The number of alkyl halides is 3. The van der Waals surface area contributed by atoms with Gasteiger partial charge in [0.15, 0.2) is 0 Å². The van der Waals surface area contributed by atoms with Crippen molar-refractivity contribution in [3.8, 4) is 11.5 Å². The van der Waals surface area contributed by atoms with Crippen molar-refractivity contribution in [3.05, 3.63) is 24.3 Å². The fraction of sp³-hybridized carbons (Fsp3) is 0.455. The second-order valence-electron chi connectivity index (χ2n) is 3.25. The van der Waals surface area contributed by atoms with Gasteiger partial charge in [0.1, 0.15) is 11.5 Å². The molecule has 16 heavy (non-hydrogen) atoms. The zero-order valence-corrected chi connectivity index (χ0v) is 8.88. The third kappa shape index (κ3) is 4.91. The molecule has 0 aliphatic rings. The molecule has 1 rings (SSSR count). The second kappa shape index (κ2) is 5.63. The molecule has 0 aliphatic heterocycles. The number of ether oxygens (including phenoxy) is 2. The lowest BCUT2D eigenvalue weighted by Crippen LogP contribution is -2.09. The third-order valence-electron chi connectivity index (χ3n) is 1.91. The lowest BCUT2D eigenvalue weighted by molar-refractivity contribution is -0.136. The predicted molar refractivity (Wildman–Crippen MR) is 53.8 cm³/mol. The predicted octanol–water partition coefficient (Wildman–Crippen LogP) is 3.42. The monoisotopic (exact) mass is 234 g/mol. The highest BCUT2D eigenvalue weighted by Gasteiger charge is 2.26. The summed E-state index contributed by atoms with van der Waals surface area (Å²) in [5, 5.41) is 0. The van der Waals surface area contributed by atoms with Gasteiger partial charge in [-0.25, -0.2) is 0 Å². The minimum absolute atomic E-state index is 0.0410. The molecule has 0 spiro atoms. The van der Waals surface area contributed by atoms with Crippen LogP contribution < -0.4 is 9.47 Å². The molecule has 90 valence electrons. The largest absolute Gasteiger partial charge is 0.497 e. The van der Waals surface area contributed by atoms with E-state index in [-0.39, 0.29) is 13.0 Å². The fourth-order valence-corrected chi connectivity index (χ4v) is 1.15. The van der Waals surface area contributed by atoms with Crippen molar-refractivity contribution in [2.24, 2.45) is 0 Å². The van der Waals surface area contributed by atoms with E-state index in [1.54, 1.807) is 24.3 Å². The molecule has 1 aromatic carbocycles. The van der Waals surface area contributed by atoms with Crippen molar-refractivity contribution in [1.29, 1.82) is 0 Å². The molecule has 1 aromatic rings. The van der Waals surface area contributed by atoms with Crippen LogP contribution in [-0.4, -0.2) is 19.9 Å². The van der Waals surface area contributed by atoms with E-state index >= 15 is 0 Å². The first-order valence-electron chi connectivity index (χ1n) is 4.85. The summed E-state index contributed by atoms with van der Waals surface area (Å²) in [4.78, 5) is 0. The van der Waals surface area contributed by atoms with E-state index in [9.17, 15) is 13.2 Å². The number of methoxy groups -OCH3 is 1. The van der Waals surface area contributed by atoms with Gasteiger partial charge in [-0.3, -0.25) is 0 Å². The van der Waals surface area contributed by atoms with Crippen molar-refractivity contribution in [2.45, 2.75) is 19.0 Å². The van der Waals surface area contributed by atoms with Gasteiger partial charge >= 0.3 is 6.18 Å². The van der Waals surface area contributed by atoms with Crippen LogP contribution in [-0.2, 0) is 0 Å². The van der Waals surface area contributed by atoms with E-state index < -0.39 is 12.6 Å². The van der Waals surface area contributed by atoms with E-state index in [1.807, 2.05) is 0 Å². The molecule has 0 aliphatic carbocycles. The molecular formula is C11H13F3O2. The Morgan fingerprint density at radius 2 is 1.88 bits per heavy atom. The molecule has 0 bridgehead atoms. The number of rotatable bonds is 5. The molecule has 0 amide bonds. The summed E-state index contributed by atoms with van der Waals surface area (Å²) in [6, 6.07) is 6.77. The summed E-state index contributed by atoms with van der Waals surface area (Å²) in [6.07, 6.45) is -4.98. The molecule has 0 saturated carbocycles. The fourth-order valence-electron chi connectivity index (χ4n) is 1.15. The average molecular weight is 234 g/mol. The summed E-state index contributed by atoms with van der Waals surface area (Å²) in [6.45, 7) is 0.0483. The zero-order valence-electron chi connectivity index (χ0n) is 8.88. The van der Waals surface area contributed by atoms with Crippen molar-refractivity contribution >= 4 is 0 Å². The summed E-state index contributed by atoms with van der Waals surface area (Å²) in [5.74, 6) is 1.13. The van der Waals surface area contributed by atoms with E-state index in [0.29, 0.717) is 11.5 Å². The third-order valence-corrected chi connectivity index (χ3v) is 1.91.